The second-order valence-electron chi connectivity index (χ2n) is 13.8. The molecule has 0 N–H and O–H groups in total. The van der Waals surface area contributed by atoms with E-state index in [-0.39, 0.29) is 11.4 Å². The van der Waals surface area contributed by atoms with Crippen molar-refractivity contribution in [2.75, 3.05) is 0 Å². The first-order chi connectivity index (χ1) is 40.7. The monoisotopic (exact) mass is 815 g/mol. The molecule has 12 aromatic rings. The third kappa shape index (κ3) is 5.98. The number of benzene rings is 9. The molecule has 0 aliphatic rings. The molecule has 5 nitrogen and oxygen atoms in total. The number of aromatic nitrogens is 5. The average molecular weight is 816 g/mol. The first-order valence-corrected chi connectivity index (χ1v) is 19.0. The largest absolute Gasteiger partial charge is 0.278 e. The van der Waals surface area contributed by atoms with E-state index in [4.69, 9.17) is 34.1 Å². The van der Waals surface area contributed by atoms with Crippen LogP contribution < -0.4 is 0 Å². The van der Waals surface area contributed by atoms with Crippen LogP contribution in [0.25, 0.3) is 111 Å². The summed E-state index contributed by atoms with van der Waals surface area (Å²) in [6, 6.07) is 3.59. The maximum atomic E-state index is 10.00. The van der Waals surface area contributed by atoms with Crippen molar-refractivity contribution in [3.63, 3.8) is 0 Å². The minimum atomic E-state index is -0.866. The Balaban J connectivity index is 1.31. The van der Waals surface area contributed by atoms with E-state index in [1.54, 1.807) is 24.3 Å². The highest BCUT2D eigenvalue weighted by Gasteiger charge is 2.22. The molecule has 0 spiro atoms. The first kappa shape index (κ1) is 18.9. The maximum absolute atomic E-state index is 10.00. The van der Waals surface area contributed by atoms with Crippen molar-refractivity contribution in [1.29, 1.82) is 0 Å². The summed E-state index contributed by atoms with van der Waals surface area (Å²) in [5.74, 6) is -1.68. The molecule has 5 heteroatoms. The van der Waals surface area contributed by atoms with Gasteiger partial charge in [0.25, 0.3) is 0 Å². The topological polar surface area (TPSA) is 48.5 Å². The number of nitrogens with zero attached hydrogens (tertiary/aromatic N) is 5. The molecule has 3 aromatic heterocycles. The Morgan fingerprint density at radius 2 is 0.774 bits per heavy atom. The van der Waals surface area contributed by atoms with Crippen molar-refractivity contribution >= 4 is 43.6 Å². The van der Waals surface area contributed by atoms with Crippen LogP contribution in [0.15, 0.2) is 224 Å². The molecule has 12 rings (SSSR count). The Morgan fingerprint density at radius 3 is 1.34 bits per heavy atom. The molecule has 3 heterocycles. The first-order valence-electron chi connectivity index (χ1n) is 31.0. The van der Waals surface area contributed by atoms with Crippen molar-refractivity contribution in [3.8, 4) is 67.8 Å². The van der Waals surface area contributed by atoms with Gasteiger partial charge in [-0.05, 0) is 74.7 Å². The van der Waals surface area contributed by atoms with E-state index in [1.165, 1.54) is 0 Å². The Morgan fingerprint density at radius 1 is 0.323 bits per heavy atom. The van der Waals surface area contributed by atoms with Gasteiger partial charge in [0.15, 0.2) is 5.82 Å². The van der Waals surface area contributed by atoms with E-state index in [0.717, 1.165) is 20.3 Å². The van der Waals surface area contributed by atoms with E-state index >= 15 is 0 Å². The quantitative estimate of drug-likeness (QED) is 0.161. The highest BCUT2D eigenvalue weighted by atomic mass is 15.3. The van der Waals surface area contributed by atoms with Crippen molar-refractivity contribution in [3.05, 3.63) is 224 Å². The third-order valence-electron chi connectivity index (χ3n) is 10.3. The van der Waals surface area contributed by atoms with Crippen LogP contribution in [0, 0.1) is 0 Å². The standard InChI is InChI=1S/C57H37N5/c1-4-17-38(18-5-1)41-31-33-49-47-27-12-14-29-51(47)61(53(49)36-41)56-58-55(44-24-16-23-43(35-44)46-26-11-10-25-45(46)40-21-8-3-9-22-40)59-57(60-56)62-52-30-15-13-28-48(52)50-34-32-42(37-54(50)62)39-19-6-2-7-20-39/h1-37H/i1D,2D,4D,5D,6D,7D,12D,13D,14D,15D,17D,18D,19D,20D,27D,28D,29D,30D,31D,32D,33D,34D,36D,37D. The summed E-state index contributed by atoms with van der Waals surface area (Å²) >= 11 is 0. The molecule has 0 fully saturated rings. The van der Waals surface area contributed by atoms with Crippen LogP contribution in [0.3, 0.4) is 0 Å². The van der Waals surface area contributed by atoms with Crippen molar-refractivity contribution in [1.82, 2.24) is 24.1 Å². The van der Waals surface area contributed by atoms with Gasteiger partial charge >= 0.3 is 0 Å². The molecule has 0 unspecified atom stereocenters. The van der Waals surface area contributed by atoms with Gasteiger partial charge in [0, 0.05) is 27.1 Å². The lowest BCUT2D eigenvalue weighted by Crippen LogP contribution is -2.10. The van der Waals surface area contributed by atoms with Gasteiger partial charge in [0.2, 0.25) is 11.9 Å². The molecule has 0 saturated carbocycles. The zero-order valence-electron chi connectivity index (χ0n) is 55.7. The predicted molar refractivity (Wildman–Crippen MR) is 256 cm³/mol. The molecule has 62 heavy (non-hydrogen) atoms. The second kappa shape index (κ2) is 14.7. The molecule has 0 radical (unpaired) electrons. The van der Waals surface area contributed by atoms with Crippen LogP contribution in [-0.2, 0) is 0 Å². The lowest BCUT2D eigenvalue weighted by Gasteiger charge is -2.14. The smallest absolute Gasteiger partial charge is 0.240 e. The highest BCUT2D eigenvalue weighted by molar-refractivity contribution is 6.11. The number of rotatable bonds is 7. The van der Waals surface area contributed by atoms with Gasteiger partial charge in [-0.2, -0.15) is 15.0 Å². The van der Waals surface area contributed by atoms with Crippen LogP contribution >= 0.6 is 0 Å². The SMILES string of the molecule is [2H]c1c([2H])c([2H])c(-c2c([2H])c([2H])c3c4c([2H])c([2H])c([2H])c([2H])c4n(-c4nc(-c5cccc(-c6ccccc6-c6ccccc6)c5)nc(-n5c6c([2H])c([2H])c([2H])c([2H])c6c6c([2H])c([2H])c(-c7c([2H])c([2H])c([2H])c([2H])c7[2H])c([2H])c65)n4)c3c2[2H])c([2H])c1[2H]. The molecule has 0 amide bonds. The van der Waals surface area contributed by atoms with Crippen LogP contribution in [0.2, 0.25) is 0 Å². The van der Waals surface area contributed by atoms with Gasteiger partial charge < -0.3 is 0 Å². The second-order valence-corrected chi connectivity index (χ2v) is 13.8. The molecule has 0 bridgehead atoms. The lowest BCUT2D eigenvalue weighted by molar-refractivity contribution is 0.893. The zero-order valence-corrected chi connectivity index (χ0v) is 31.7. The van der Waals surface area contributed by atoms with Crippen molar-refractivity contribution < 1.29 is 32.9 Å². The number of hydrogen-bond donors (Lipinski definition) is 0. The summed E-state index contributed by atoms with van der Waals surface area (Å²) in [5.41, 5.74) is -1.75. The molecular weight excluding hydrogens is 755 g/mol. The number of para-hydroxylation sites is 2. The molecule has 0 aliphatic heterocycles. The maximum Gasteiger partial charge on any atom is 0.240 e. The summed E-state index contributed by atoms with van der Waals surface area (Å²) in [6.07, 6.45) is 0. The fourth-order valence-electron chi connectivity index (χ4n) is 7.54. The van der Waals surface area contributed by atoms with Crippen molar-refractivity contribution in [2.45, 2.75) is 0 Å². The van der Waals surface area contributed by atoms with E-state index in [0.29, 0.717) is 11.1 Å². The number of hydrogen-bond acceptors (Lipinski definition) is 3. The Labute approximate surface area is 392 Å². The van der Waals surface area contributed by atoms with Gasteiger partial charge in [-0.25, -0.2) is 0 Å². The van der Waals surface area contributed by atoms with Crippen LogP contribution in [0.4, 0.5) is 0 Å². The lowest BCUT2D eigenvalue weighted by atomic mass is 9.94. The summed E-state index contributed by atoms with van der Waals surface area (Å²) in [5, 5.41) is -1.83. The molecular formula is C57H37N5. The molecule has 9 aromatic carbocycles. The van der Waals surface area contributed by atoms with E-state index in [9.17, 15) is 13.7 Å². The number of fused-ring (bicyclic) bond motifs is 6. The van der Waals surface area contributed by atoms with E-state index in [2.05, 4.69) is 0 Å². The molecule has 0 saturated heterocycles. The third-order valence-corrected chi connectivity index (χ3v) is 10.3. The van der Waals surface area contributed by atoms with Gasteiger partial charge in [-0.1, -0.05) is 194 Å². The highest BCUT2D eigenvalue weighted by Crippen LogP contribution is 2.38. The van der Waals surface area contributed by atoms with Gasteiger partial charge in [0.05, 0.1) is 55.0 Å². The summed E-state index contributed by atoms with van der Waals surface area (Å²) in [7, 11) is 0. The minimum absolute atomic E-state index is 0.168. The summed E-state index contributed by atoms with van der Waals surface area (Å²) in [6.45, 7) is 0. The molecule has 0 atom stereocenters. The Bertz CT molecular complexity index is 4760. The summed E-state index contributed by atoms with van der Waals surface area (Å²) < 4.78 is 219. The van der Waals surface area contributed by atoms with Gasteiger partial charge in [0.1, 0.15) is 0 Å². The predicted octanol–water partition coefficient (Wildman–Crippen LogP) is 14.4. The zero-order chi connectivity index (χ0) is 61.9. The Hall–Kier alpha value is -8.41. The van der Waals surface area contributed by atoms with Gasteiger partial charge in [-0.15, -0.1) is 0 Å². The van der Waals surface area contributed by atoms with Crippen LogP contribution in [0.5, 0.6) is 0 Å². The summed E-state index contributed by atoms with van der Waals surface area (Å²) in [4.78, 5) is 14.7. The minimum Gasteiger partial charge on any atom is -0.278 e. The normalized spacial score (nSPS) is 17.0. The fraction of sp³-hybridized carbons (Fsp3) is 0. The average Bonchev–Trinajstić information content (AvgIpc) is 1.53. The van der Waals surface area contributed by atoms with Crippen LogP contribution in [-0.4, -0.2) is 24.1 Å². The van der Waals surface area contributed by atoms with Crippen molar-refractivity contribution in [2.24, 2.45) is 0 Å². The van der Waals surface area contributed by atoms with E-state index < -0.39 is 223 Å². The van der Waals surface area contributed by atoms with Gasteiger partial charge in [-0.3, -0.25) is 9.13 Å². The van der Waals surface area contributed by atoms with E-state index in [1.807, 2.05) is 54.6 Å². The fourth-order valence-corrected chi connectivity index (χ4v) is 7.54. The molecule has 290 valence electrons. The van der Waals surface area contributed by atoms with Crippen LogP contribution in [0.1, 0.15) is 32.9 Å². The molecule has 0 aliphatic carbocycles. The Kier molecular flexibility index (Phi) is 4.48.